The number of hydrogen-bond acceptors (Lipinski definition) is 4. The minimum Gasteiger partial charge on any atom is -0.497 e. The van der Waals surface area contributed by atoms with Gasteiger partial charge in [-0.1, -0.05) is 25.3 Å². The molecule has 3 aromatic rings. The molecule has 1 aliphatic carbocycles. The van der Waals surface area contributed by atoms with Crippen molar-refractivity contribution in [1.82, 2.24) is 14.4 Å². The van der Waals surface area contributed by atoms with Gasteiger partial charge in [0.1, 0.15) is 5.75 Å². The molecule has 1 N–H and O–H groups in total. The van der Waals surface area contributed by atoms with E-state index in [2.05, 4.69) is 66.7 Å². The number of carbonyl (C=O) groups is 1. The number of aromatic carboxylic acids is 1. The highest BCUT2D eigenvalue weighted by molar-refractivity contribution is 5.98. The van der Waals surface area contributed by atoms with Gasteiger partial charge in [0.05, 0.1) is 18.4 Å². The molecule has 4 rings (SSSR count). The maximum absolute atomic E-state index is 12.0. The Bertz CT molecular complexity index is 1240. The molecule has 1 fully saturated rings. The Labute approximate surface area is 228 Å². The smallest absolute Gasteiger partial charge is 0.335 e. The Balaban J connectivity index is 1.77. The molecule has 206 valence electrons. The molecule has 6 nitrogen and oxygen atoms in total. The third-order valence-electron chi connectivity index (χ3n) is 8.15. The Morgan fingerprint density at radius 3 is 2.42 bits per heavy atom. The summed E-state index contributed by atoms with van der Waals surface area (Å²) in [6.07, 6.45) is 8.34. The second-order valence-corrected chi connectivity index (χ2v) is 11.3. The van der Waals surface area contributed by atoms with Gasteiger partial charge in [0.2, 0.25) is 0 Å². The van der Waals surface area contributed by atoms with Gasteiger partial charge in [-0.05, 0) is 108 Å². The topological polar surface area (TPSA) is 57.9 Å². The molecule has 2 aromatic carbocycles. The summed E-state index contributed by atoms with van der Waals surface area (Å²) in [5, 5.41) is 11.0. The Hall–Kier alpha value is -2.83. The minimum atomic E-state index is -0.872. The highest BCUT2D eigenvalue weighted by atomic mass is 16.5. The van der Waals surface area contributed by atoms with E-state index in [-0.39, 0.29) is 0 Å². The van der Waals surface area contributed by atoms with Crippen LogP contribution in [-0.4, -0.2) is 73.3 Å². The van der Waals surface area contributed by atoms with Crippen molar-refractivity contribution in [1.29, 1.82) is 0 Å². The molecule has 0 atom stereocenters. The first-order valence-electron chi connectivity index (χ1n) is 14.2. The quantitative estimate of drug-likeness (QED) is 0.272. The monoisotopic (exact) mass is 519 g/mol. The highest BCUT2D eigenvalue weighted by Gasteiger charge is 2.27. The van der Waals surface area contributed by atoms with Gasteiger partial charge in [-0.15, -0.1) is 0 Å². The highest BCUT2D eigenvalue weighted by Crippen LogP contribution is 2.45. The molecule has 0 saturated heterocycles. The Morgan fingerprint density at radius 1 is 1.00 bits per heavy atom. The largest absolute Gasteiger partial charge is 0.497 e. The zero-order valence-corrected chi connectivity index (χ0v) is 23.9. The zero-order chi connectivity index (χ0) is 27.2. The van der Waals surface area contributed by atoms with E-state index in [0.29, 0.717) is 11.5 Å². The summed E-state index contributed by atoms with van der Waals surface area (Å²) in [5.41, 5.74) is 6.50. The first-order chi connectivity index (χ1) is 18.3. The second-order valence-electron chi connectivity index (χ2n) is 11.3. The number of benzene rings is 2. The molecule has 38 heavy (non-hydrogen) atoms. The maximum Gasteiger partial charge on any atom is 0.335 e. The van der Waals surface area contributed by atoms with Crippen molar-refractivity contribution in [2.24, 2.45) is 0 Å². The zero-order valence-electron chi connectivity index (χ0n) is 23.9. The summed E-state index contributed by atoms with van der Waals surface area (Å²) in [7, 11) is 8.13. The number of likely N-dealkylation sites (N-methyl/N-ethyl adjacent to an activating group) is 2. The molecule has 6 heteroatoms. The van der Waals surface area contributed by atoms with Gasteiger partial charge in [-0.25, -0.2) is 4.79 Å². The van der Waals surface area contributed by atoms with E-state index in [1.807, 2.05) is 6.07 Å². The van der Waals surface area contributed by atoms with Crippen molar-refractivity contribution in [3.63, 3.8) is 0 Å². The summed E-state index contributed by atoms with van der Waals surface area (Å²) < 4.78 is 7.95. The van der Waals surface area contributed by atoms with E-state index in [9.17, 15) is 9.90 Å². The lowest BCUT2D eigenvalue weighted by atomic mass is 9.81. The van der Waals surface area contributed by atoms with Gasteiger partial charge in [0, 0.05) is 36.1 Å². The maximum atomic E-state index is 12.0. The molecule has 0 amide bonds. The normalized spacial score (nSPS) is 14.6. The van der Waals surface area contributed by atoms with E-state index in [1.165, 1.54) is 59.9 Å². The SMILES string of the molecule is COc1ccc(-c2c(C3CCCCC3)c3ccc(C(=O)O)cc3n2CCCCN(C)CCN(C)C)c(C)c1. The number of fused-ring (bicyclic) bond motifs is 1. The van der Waals surface area contributed by atoms with Crippen LogP contribution in [-0.2, 0) is 6.54 Å². The van der Waals surface area contributed by atoms with Gasteiger partial charge in [0.15, 0.2) is 0 Å². The second kappa shape index (κ2) is 12.8. The number of aryl methyl sites for hydroxylation is 2. The van der Waals surface area contributed by atoms with Crippen LogP contribution >= 0.6 is 0 Å². The summed E-state index contributed by atoms with van der Waals surface area (Å²) in [4.78, 5) is 16.6. The number of aromatic nitrogens is 1. The molecule has 0 spiro atoms. The van der Waals surface area contributed by atoms with Gasteiger partial charge < -0.3 is 24.2 Å². The van der Waals surface area contributed by atoms with Crippen LogP contribution in [0, 0.1) is 6.92 Å². The van der Waals surface area contributed by atoms with Crippen molar-refractivity contribution in [2.45, 2.75) is 64.3 Å². The average Bonchev–Trinajstić information content (AvgIpc) is 3.23. The minimum absolute atomic E-state index is 0.355. The number of carboxylic acid groups (broad SMARTS) is 1. The van der Waals surface area contributed by atoms with Crippen LogP contribution in [0.4, 0.5) is 0 Å². The molecule has 0 aliphatic heterocycles. The van der Waals surface area contributed by atoms with Crippen LogP contribution in [0.15, 0.2) is 36.4 Å². The molecule has 1 saturated carbocycles. The molecule has 0 bridgehead atoms. The summed E-state index contributed by atoms with van der Waals surface area (Å²) in [5.74, 6) is 0.488. The van der Waals surface area contributed by atoms with E-state index in [4.69, 9.17) is 4.74 Å². The van der Waals surface area contributed by atoms with E-state index >= 15 is 0 Å². The third kappa shape index (κ3) is 6.41. The molecular formula is C32H45N3O3. The van der Waals surface area contributed by atoms with Crippen LogP contribution in [0.3, 0.4) is 0 Å². The summed E-state index contributed by atoms with van der Waals surface area (Å²) in [6.45, 7) is 6.20. The number of methoxy groups -OCH3 is 1. The Kier molecular flexibility index (Phi) is 9.50. The molecule has 0 radical (unpaired) electrons. The van der Waals surface area contributed by atoms with Crippen LogP contribution in [0.1, 0.15) is 72.3 Å². The predicted octanol–water partition coefficient (Wildman–Crippen LogP) is 6.64. The standard InChI is InChI=1S/C32H45N3O3/c1-23-21-26(38-5)14-16-27(23)31-30(24-11-7-6-8-12-24)28-15-13-25(32(36)37)22-29(28)35(31)18-10-9-17-34(4)20-19-33(2)3/h13-16,21-22,24H,6-12,17-20H2,1-5H3,(H,36,37). The van der Waals surface area contributed by atoms with E-state index < -0.39 is 5.97 Å². The number of ether oxygens (including phenoxy) is 1. The van der Waals surface area contributed by atoms with Crippen molar-refractivity contribution in [3.8, 4) is 17.0 Å². The predicted molar refractivity (Wildman–Crippen MR) is 157 cm³/mol. The molecular weight excluding hydrogens is 474 g/mol. The third-order valence-corrected chi connectivity index (χ3v) is 8.15. The van der Waals surface area contributed by atoms with E-state index in [1.54, 1.807) is 13.2 Å². The number of rotatable bonds is 12. The first-order valence-corrected chi connectivity index (χ1v) is 14.2. The Morgan fingerprint density at radius 2 is 1.76 bits per heavy atom. The van der Waals surface area contributed by atoms with Gasteiger partial charge in [0.25, 0.3) is 0 Å². The lowest BCUT2D eigenvalue weighted by Gasteiger charge is -2.24. The van der Waals surface area contributed by atoms with Gasteiger partial charge in [-0.3, -0.25) is 0 Å². The van der Waals surface area contributed by atoms with Crippen molar-refractivity contribution in [2.75, 3.05) is 47.9 Å². The van der Waals surface area contributed by atoms with Crippen LogP contribution in [0.5, 0.6) is 5.75 Å². The fourth-order valence-electron chi connectivity index (χ4n) is 6.00. The summed E-state index contributed by atoms with van der Waals surface area (Å²) >= 11 is 0. The number of nitrogens with zero attached hydrogens (tertiary/aromatic N) is 3. The van der Waals surface area contributed by atoms with Gasteiger partial charge >= 0.3 is 5.97 Å². The lowest BCUT2D eigenvalue weighted by Crippen LogP contribution is -2.29. The average molecular weight is 520 g/mol. The first kappa shape index (κ1) is 28.2. The number of carboxylic acids is 1. The molecule has 1 aliphatic rings. The molecule has 0 unspecified atom stereocenters. The number of hydrogen-bond donors (Lipinski definition) is 1. The van der Waals surface area contributed by atoms with Crippen molar-refractivity contribution < 1.29 is 14.6 Å². The lowest BCUT2D eigenvalue weighted by molar-refractivity contribution is 0.0697. The molecule has 1 aromatic heterocycles. The van der Waals surface area contributed by atoms with Crippen LogP contribution < -0.4 is 4.74 Å². The van der Waals surface area contributed by atoms with E-state index in [0.717, 1.165) is 50.3 Å². The number of unbranched alkanes of at least 4 members (excludes halogenated alkanes) is 1. The fourth-order valence-corrected chi connectivity index (χ4v) is 6.00. The van der Waals surface area contributed by atoms with Gasteiger partial charge in [-0.2, -0.15) is 0 Å². The summed E-state index contributed by atoms with van der Waals surface area (Å²) in [6, 6.07) is 12.1. The fraction of sp³-hybridized carbons (Fsp3) is 0.531. The van der Waals surface area contributed by atoms with Crippen LogP contribution in [0.25, 0.3) is 22.2 Å². The van der Waals surface area contributed by atoms with Crippen LogP contribution in [0.2, 0.25) is 0 Å². The van der Waals surface area contributed by atoms with Crippen molar-refractivity contribution >= 4 is 16.9 Å². The van der Waals surface area contributed by atoms with Crippen molar-refractivity contribution in [3.05, 3.63) is 53.1 Å². The molecule has 1 heterocycles.